The Morgan fingerprint density at radius 2 is 2.00 bits per heavy atom. The molecule has 0 radical (unpaired) electrons. The summed E-state index contributed by atoms with van der Waals surface area (Å²) in [5, 5.41) is 3.46. The maximum atomic E-state index is 5.84. The lowest BCUT2D eigenvalue weighted by Gasteiger charge is -2.22. The number of hydrogen-bond donors (Lipinski definition) is 1. The Kier molecular flexibility index (Phi) is 5.63. The van der Waals surface area contributed by atoms with Gasteiger partial charge in [0, 0.05) is 23.7 Å². The zero-order chi connectivity index (χ0) is 14.6. The van der Waals surface area contributed by atoms with Crippen LogP contribution in [0.1, 0.15) is 58.1 Å². The second kappa shape index (κ2) is 6.58. The molecule has 1 aromatic heterocycles. The predicted octanol–water partition coefficient (Wildman–Crippen LogP) is 3.71. The molecule has 0 aliphatic carbocycles. The van der Waals surface area contributed by atoms with Crippen LogP contribution in [0, 0.1) is 6.92 Å². The first-order valence-electron chi connectivity index (χ1n) is 7.26. The van der Waals surface area contributed by atoms with Gasteiger partial charge in [-0.05, 0) is 54.2 Å². The molecule has 1 N–H and O–H groups in total. The average Bonchev–Trinajstić information content (AvgIpc) is 2.65. The smallest absolute Gasteiger partial charge is 0.118 e. The molecule has 0 saturated heterocycles. The quantitative estimate of drug-likeness (QED) is 0.851. The zero-order valence-electron chi connectivity index (χ0n) is 13.6. The van der Waals surface area contributed by atoms with E-state index in [0.717, 1.165) is 24.6 Å². The number of nitrogens with one attached hydrogen (secondary N) is 1. The summed E-state index contributed by atoms with van der Waals surface area (Å²) in [4.78, 5) is 2.37. The molecule has 1 heterocycles. The molecule has 1 aromatic rings. The lowest BCUT2D eigenvalue weighted by Crippen LogP contribution is -2.34. The van der Waals surface area contributed by atoms with Crippen LogP contribution in [0.3, 0.4) is 0 Å². The van der Waals surface area contributed by atoms with Crippen LogP contribution < -0.4 is 5.32 Å². The van der Waals surface area contributed by atoms with Crippen molar-refractivity contribution in [3.8, 4) is 0 Å². The molecule has 0 aliphatic rings. The van der Waals surface area contributed by atoms with E-state index < -0.39 is 0 Å². The first kappa shape index (κ1) is 16.3. The van der Waals surface area contributed by atoms with Crippen molar-refractivity contribution in [2.45, 2.75) is 72.6 Å². The molecular formula is C16H30N2O. The molecule has 110 valence electrons. The lowest BCUT2D eigenvalue weighted by atomic mass is 10.1. The summed E-state index contributed by atoms with van der Waals surface area (Å²) < 4.78 is 5.84. The molecule has 3 nitrogen and oxygen atoms in total. The van der Waals surface area contributed by atoms with E-state index in [9.17, 15) is 0 Å². The van der Waals surface area contributed by atoms with Crippen LogP contribution in [0.2, 0.25) is 0 Å². The highest BCUT2D eigenvalue weighted by molar-refractivity contribution is 5.21. The first-order chi connectivity index (χ1) is 8.73. The molecule has 0 fully saturated rings. The largest absolute Gasteiger partial charge is 0.465 e. The van der Waals surface area contributed by atoms with Gasteiger partial charge in [-0.15, -0.1) is 0 Å². The normalized spacial score (nSPS) is 14.1. The third-order valence-corrected chi connectivity index (χ3v) is 3.63. The fourth-order valence-corrected chi connectivity index (χ4v) is 1.92. The number of furan rings is 1. The Bertz CT molecular complexity index is 390. The van der Waals surface area contributed by atoms with E-state index in [1.807, 2.05) is 0 Å². The zero-order valence-corrected chi connectivity index (χ0v) is 13.6. The Labute approximate surface area is 118 Å². The van der Waals surface area contributed by atoms with Crippen molar-refractivity contribution < 1.29 is 4.42 Å². The summed E-state index contributed by atoms with van der Waals surface area (Å²) in [5.41, 5.74) is 1.42. The van der Waals surface area contributed by atoms with Crippen LogP contribution in [0.25, 0.3) is 0 Å². The molecule has 19 heavy (non-hydrogen) atoms. The monoisotopic (exact) mass is 266 g/mol. The van der Waals surface area contributed by atoms with Crippen LogP contribution in [-0.2, 0) is 13.1 Å². The molecule has 0 spiro atoms. The summed E-state index contributed by atoms with van der Waals surface area (Å²) in [6.07, 6.45) is 1.17. The van der Waals surface area contributed by atoms with Crippen molar-refractivity contribution in [2.75, 3.05) is 7.05 Å². The summed E-state index contributed by atoms with van der Waals surface area (Å²) in [7, 11) is 2.17. The van der Waals surface area contributed by atoms with E-state index in [-0.39, 0.29) is 5.54 Å². The minimum absolute atomic E-state index is 0.119. The summed E-state index contributed by atoms with van der Waals surface area (Å²) in [6.45, 7) is 14.8. The molecule has 0 aliphatic heterocycles. The van der Waals surface area contributed by atoms with Crippen LogP contribution in [0.4, 0.5) is 0 Å². The molecule has 0 amide bonds. The van der Waals surface area contributed by atoms with Crippen molar-refractivity contribution in [3.05, 3.63) is 23.2 Å². The maximum Gasteiger partial charge on any atom is 0.118 e. The van der Waals surface area contributed by atoms with Crippen molar-refractivity contribution >= 4 is 0 Å². The van der Waals surface area contributed by atoms with Crippen LogP contribution in [-0.4, -0.2) is 23.5 Å². The Morgan fingerprint density at radius 3 is 2.53 bits per heavy atom. The second-order valence-corrected chi connectivity index (χ2v) is 6.57. The van der Waals surface area contributed by atoms with Crippen molar-refractivity contribution in [2.24, 2.45) is 0 Å². The fraction of sp³-hybridized carbons (Fsp3) is 0.750. The van der Waals surface area contributed by atoms with Gasteiger partial charge in [0.15, 0.2) is 0 Å². The molecule has 0 bridgehead atoms. The first-order valence-corrected chi connectivity index (χ1v) is 7.26. The van der Waals surface area contributed by atoms with Gasteiger partial charge in [-0.25, -0.2) is 0 Å². The number of rotatable bonds is 6. The van der Waals surface area contributed by atoms with E-state index in [2.05, 4.69) is 64.9 Å². The van der Waals surface area contributed by atoms with Crippen LogP contribution >= 0.6 is 0 Å². The summed E-state index contributed by atoms with van der Waals surface area (Å²) >= 11 is 0. The third kappa shape index (κ3) is 5.37. The summed E-state index contributed by atoms with van der Waals surface area (Å²) in [6, 6.07) is 2.79. The van der Waals surface area contributed by atoms with E-state index >= 15 is 0 Å². The van der Waals surface area contributed by atoms with Gasteiger partial charge in [-0.2, -0.15) is 0 Å². The Morgan fingerprint density at radius 1 is 1.37 bits per heavy atom. The van der Waals surface area contributed by atoms with E-state index in [4.69, 9.17) is 4.42 Å². The van der Waals surface area contributed by atoms with Crippen LogP contribution in [0.15, 0.2) is 10.5 Å². The highest BCUT2D eigenvalue weighted by atomic mass is 16.3. The van der Waals surface area contributed by atoms with Gasteiger partial charge in [-0.1, -0.05) is 6.92 Å². The van der Waals surface area contributed by atoms with Crippen molar-refractivity contribution in [1.82, 2.24) is 10.2 Å². The molecule has 0 aromatic carbocycles. The van der Waals surface area contributed by atoms with Gasteiger partial charge in [0.1, 0.15) is 11.5 Å². The molecule has 1 atom stereocenters. The number of nitrogens with zero attached hydrogens (tertiary/aromatic N) is 1. The summed E-state index contributed by atoms with van der Waals surface area (Å²) in [5.74, 6) is 2.07. The van der Waals surface area contributed by atoms with Gasteiger partial charge in [0.05, 0.1) is 6.54 Å². The average molecular weight is 266 g/mol. The minimum atomic E-state index is 0.119. The predicted molar refractivity (Wildman–Crippen MR) is 81.3 cm³/mol. The van der Waals surface area contributed by atoms with Gasteiger partial charge < -0.3 is 9.73 Å². The number of hydrogen-bond acceptors (Lipinski definition) is 3. The minimum Gasteiger partial charge on any atom is -0.465 e. The fourth-order valence-electron chi connectivity index (χ4n) is 1.92. The molecule has 1 rings (SSSR count). The maximum absolute atomic E-state index is 5.84. The SMILES string of the molecule is CCC(C)N(C)Cc1cc(CNC(C)(C)C)oc1C. The highest BCUT2D eigenvalue weighted by Crippen LogP contribution is 2.18. The standard InChI is InChI=1S/C16H30N2O/c1-8-12(2)18(7)11-14-9-15(19-13(14)3)10-17-16(4,5)6/h9,12,17H,8,10-11H2,1-7H3. The topological polar surface area (TPSA) is 28.4 Å². The molecule has 1 unspecified atom stereocenters. The Hall–Kier alpha value is -0.800. The second-order valence-electron chi connectivity index (χ2n) is 6.57. The van der Waals surface area contributed by atoms with Gasteiger partial charge in [0.2, 0.25) is 0 Å². The van der Waals surface area contributed by atoms with Crippen LogP contribution in [0.5, 0.6) is 0 Å². The van der Waals surface area contributed by atoms with Gasteiger partial charge >= 0.3 is 0 Å². The molecule has 3 heteroatoms. The van der Waals surface area contributed by atoms with Crippen molar-refractivity contribution in [1.29, 1.82) is 0 Å². The number of aryl methyl sites for hydroxylation is 1. The highest BCUT2D eigenvalue weighted by Gasteiger charge is 2.14. The van der Waals surface area contributed by atoms with Crippen molar-refractivity contribution in [3.63, 3.8) is 0 Å². The lowest BCUT2D eigenvalue weighted by molar-refractivity contribution is 0.242. The van der Waals surface area contributed by atoms with E-state index in [1.165, 1.54) is 12.0 Å². The van der Waals surface area contributed by atoms with E-state index in [1.54, 1.807) is 0 Å². The van der Waals surface area contributed by atoms with Gasteiger partial charge in [0.25, 0.3) is 0 Å². The molecular weight excluding hydrogens is 236 g/mol. The third-order valence-electron chi connectivity index (χ3n) is 3.63. The molecule has 0 saturated carbocycles. The van der Waals surface area contributed by atoms with Gasteiger partial charge in [-0.3, -0.25) is 4.90 Å². The Balaban J connectivity index is 2.64. The van der Waals surface area contributed by atoms with E-state index in [0.29, 0.717) is 6.04 Å².